The number of hydrogen-bond acceptors (Lipinski definition) is 1. The summed E-state index contributed by atoms with van der Waals surface area (Å²) >= 11 is 0. The molecule has 4 heteroatoms. The minimum atomic E-state index is 0.301. The molecule has 4 aromatic heterocycles. The van der Waals surface area contributed by atoms with E-state index in [1.165, 1.54) is 82.3 Å². The van der Waals surface area contributed by atoms with Gasteiger partial charge in [-0.05, 0) is 107 Å². The van der Waals surface area contributed by atoms with Crippen LogP contribution < -0.4 is 0 Å². The van der Waals surface area contributed by atoms with Crippen molar-refractivity contribution in [3.05, 3.63) is 200 Å². The molecule has 1 aliphatic carbocycles. The lowest BCUT2D eigenvalue weighted by Crippen LogP contribution is -2.06. The Kier molecular flexibility index (Phi) is 6.81. The maximum atomic E-state index is 5.33. The molecule has 1 aliphatic rings. The number of rotatable bonds is 4. The number of aromatic nitrogens is 4. The zero-order valence-electron chi connectivity index (χ0n) is 32.1. The van der Waals surface area contributed by atoms with Gasteiger partial charge in [-0.3, -0.25) is 4.40 Å². The summed E-state index contributed by atoms with van der Waals surface area (Å²) in [5.74, 6) is 0. The molecule has 0 saturated carbocycles. The number of hydrogen-bond donors (Lipinski definition) is 0. The molecule has 13 rings (SSSR count). The Labute approximate surface area is 339 Å². The van der Waals surface area contributed by atoms with E-state index in [-0.39, 0.29) is 0 Å². The van der Waals surface area contributed by atoms with Gasteiger partial charge in [0.05, 0.1) is 33.6 Å². The van der Waals surface area contributed by atoms with E-state index in [1.807, 2.05) is 0 Å². The lowest BCUT2D eigenvalue weighted by molar-refractivity contribution is 0.648. The van der Waals surface area contributed by atoms with E-state index in [0.717, 1.165) is 34.0 Å². The summed E-state index contributed by atoms with van der Waals surface area (Å²) in [6.45, 7) is 0. The van der Waals surface area contributed by atoms with Crippen LogP contribution in [0.25, 0.3) is 110 Å². The van der Waals surface area contributed by atoms with Crippen LogP contribution in [0.15, 0.2) is 200 Å². The van der Waals surface area contributed by atoms with Crippen molar-refractivity contribution in [3.63, 3.8) is 0 Å². The van der Waals surface area contributed by atoms with E-state index >= 15 is 0 Å². The third kappa shape index (κ3) is 4.74. The molecule has 8 aromatic carbocycles. The fraction of sp³-hybridized carbons (Fsp3) is 0.0364. The van der Waals surface area contributed by atoms with E-state index in [4.69, 9.17) is 4.98 Å². The fourth-order valence-corrected chi connectivity index (χ4v) is 10.0. The number of pyridine rings is 1. The first-order valence-electron chi connectivity index (χ1n) is 20.5. The molecule has 4 heterocycles. The molecule has 0 radical (unpaired) electrons. The Balaban J connectivity index is 0.998. The number of allylic oxidation sites excluding steroid dienone is 4. The lowest BCUT2D eigenvalue weighted by atomic mass is 9.96. The Morgan fingerprint density at radius 2 is 0.966 bits per heavy atom. The summed E-state index contributed by atoms with van der Waals surface area (Å²) in [5.41, 5.74) is 15.1. The molecule has 0 N–H and O–H groups in total. The minimum absolute atomic E-state index is 0.301. The average Bonchev–Trinajstić information content (AvgIpc) is 3.97. The molecule has 0 fully saturated rings. The van der Waals surface area contributed by atoms with E-state index < -0.39 is 0 Å². The highest BCUT2D eigenvalue weighted by Gasteiger charge is 2.20. The number of para-hydroxylation sites is 5. The molecule has 276 valence electrons. The van der Waals surface area contributed by atoms with Crippen LogP contribution in [0.1, 0.15) is 12.5 Å². The summed E-state index contributed by atoms with van der Waals surface area (Å²) in [7, 11) is 0. The topological polar surface area (TPSA) is 27.2 Å². The molecule has 1 unspecified atom stereocenters. The highest BCUT2D eigenvalue weighted by molar-refractivity contribution is 6.16. The number of imidazole rings is 1. The smallest absolute Gasteiger partial charge is 0.146 e. The maximum absolute atomic E-state index is 5.33. The summed E-state index contributed by atoms with van der Waals surface area (Å²) < 4.78 is 7.26. The van der Waals surface area contributed by atoms with E-state index in [0.29, 0.717) is 6.04 Å². The Hall–Kier alpha value is -7.69. The molecular formula is C55H36N4. The Bertz CT molecular complexity index is 3760. The molecule has 12 aromatic rings. The van der Waals surface area contributed by atoms with Gasteiger partial charge in [-0.15, -0.1) is 0 Å². The molecule has 59 heavy (non-hydrogen) atoms. The van der Waals surface area contributed by atoms with Crippen molar-refractivity contribution in [2.24, 2.45) is 0 Å². The summed E-state index contributed by atoms with van der Waals surface area (Å²) in [5, 5.41) is 8.63. The first-order chi connectivity index (χ1) is 29.3. The van der Waals surface area contributed by atoms with Crippen LogP contribution in [0.3, 0.4) is 0 Å². The van der Waals surface area contributed by atoms with Gasteiger partial charge in [0.2, 0.25) is 0 Å². The predicted molar refractivity (Wildman–Crippen MR) is 248 cm³/mol. The predicted octanol–water partition coefficient (Wildman–Crippen LogP) is 14.4. The van der Waals surface area contributed by atoms with Crippen molar-refractivity contribution in [2.75, 3.05) is 0 Å². The van der Waals surface area contributed by atoms with Crippen molar-refractivity contribution < 1.29 is 0 Å². The summed E-state index contributed by atoms with van der Waals surface area (Å²) in [4.78, 5) is 5.33. The van der Waals surface area contributed by atoms with Crippen molar-refractivity contribution in [2.45, 2.75) is 12.5 Å². The molecular weight excluding hydrogens is 717 g/mol. The second-order valence-electron chi connectivity index (χ2n) is 15.9. The monoisotopic (exact) mass is 752 g/mol. The number of benzene rings is 8. The molecule has 0 amide bonds. The van der Waals surface area contributed by atoms with Gasteiger partial charge in [0.15, 0.2) is 0 Å². The number of nitrogens with zero attached hydrogens (tertiary/aromatic N) is 4. The molecule has 0 saturated heterocycles. The second kappa shape index (κ2) is 12.4. The van der Waals surface area contributed by atoms with Gasteiger partial charge in [-0.1, -0.05) is 127 Å². The number of fused-ring (bicyclic) bond motifs is 14. The molecule has 0 aliphatic heterocycles. The highest BCUT2D eigenvalue weighted by atomic mass is 15.0. The molecule has 0 spiro atoms. The zero-order valence-corrected chi connectivity index (χ0v) is 32.1. The van der Waals surface area contributed by atoms with Crippen molar-refractivity contribution in [1.29, 1.82) is 0 Å². The van der Waals surface area contributed by atoms with Crippen LogP contribution in [-0.4, -0.2) is 18.5 Å². The van der Waals surface area contributed by atoms with Crippen molar-refractivity contribution in [1.82, 2.24) is 18.5 Å². The van der Waals surface area contributed by atoms with Gasteiger partial charge in [-0.2, -0.15) is 0 Å². The Morgan fingerprint density at radius 3 is 1.75 bits per heavy atom. The first kappa shape index (κ1) is 32.4. The summed E-state index contributed by atoms with van der Waals surface area (Å²) in [6.07, 6.45) is 9.91. The normalized spacial score (nSPS) is 14.4. The second-order valence-corrected chi connectivity index (χ2v) is 15.9. The highest BCUT2D eigenvalue weighted by Crippen LogP contribution is 2.41. The van der Waals surface area contributed by atoms with Crippen LogP contribution in [0.4, 0.5) is 0 Å². The van der Waals surface area contributed by atoms with Crippen molar-refractivity contribution in [3.8, 4) is 27.9 Å². The molecule has 0 bridgehead atoms. The maximum Gasteiger partial charge on any atom is 0.146 e. The molecule has 1 atom stereocenters. The van der Waals surface area contributed by atoms with E-state index in [9.17, 15) is 0 Å². The third-order valence-electron chi connectivity index (χ3n) is 12.7. The van der Waals surface area contributed by atoms with Gasteiger partial charge in [-0.25, -0.2) is 4.98 Å². The van der Waals surface area contributed by atoms with Crippen LogP contribution in [0.5, 0.6) is 0 Å². The average molecular weight is 753 g/mol. The SMILES string of the molecule is C1=CCC(n2c3ccccc3c3cc(-c4ccc5c6ccc(-c7ccc8c(c7)c7ccccc7n8-c7ccccc7)cc6c6nc7ccccc7n6c5c4)ccc32)C=C1. The lowest BCUT2D eigenvalue weighted by Gasteiger charge is -2.18. The fourth-order valence-electron chi connectivity index (χ4n) is 10.0. The summed E-state index contributed by atoms with van der Waals surface area (Å²) in [6, 6.07) is 64.9. The van der Waals surface area contributed by atoms with Crippen molar-refractivity contribution >= 4 is 82.0 Å². The molecule has 4 nitrogen and oxygen atoms in total. The quantitative estimate of drug-likeness (QED) is 0.165. The van der Waals surface area contributed by atoms with Gasteiger partial charge < -0.3 is 9.13 Å². The van der Waals surface area contributed by atoms with E-state index in [1.54, 1.807) is 0 Å². The third-order valence-corrected chi connectivity index (χ3v) is 12.7. The van der Waals surface area contributed by atoms with Crippen LogP contribution in [-0.2, 0) is 0 Å². The zero-order chi connectivity index (χ0) is 38.6. The van der Waals surface area contributed by atoms with Crippen LogP contribution >= 0.6 is 0 Å². The van der Waals surface area contributed by atoms with Crippen LogP contribution in [0, 0.1) is 0 Å². The van der Waals surface area contributed by atoms with Gasteiger partial charge in [0, 0.05) is 49.0 Å². The van der Waals surface area contributed by atoms with Crippen LogP contribution in [0.2, 0.25) is 0 Å². The minimum Gasteiger partial charge on any atom is -0.333 e. The standard InChI is InChI=1S/C55H36N4/c1-3-13-39(14-4-1)57-49-20-10-7-17-42(49)45-31-36(25-29-51(45)57)35-23-27-41-44-28-24-38(34-54(44)59-53-22-12-9-19-48(53)56-55(59)47(41)33-35)37-26-30-52-46(32-37)43-18-8-11-21-50(43)58(52)40-15-5-2-6-16-40/h1-15,17-34,40H,16H2. The largest absolute Gasteiger partial charge is 0.333 e. The Morgan fingerprint density at radius 1 is 0.407 bits per heavy atom. The van der Waals surface area contributed by atoms with E-state index in [2.05, 4.69) is 214 Å². The van der Waals surface area contributed by atoms with Gasteiger partial charge >= 0.3 is 0 Å². The van der Waals surface area contributed by atoms with Gasteiger partial charge in [0.1, 0.15) is 5.65 Å². The van der Waals surface area contributed by atoms with Gasteiger partial charge in [0.25, 0.3) is 0 Å². The first-order valence-corrected chi connectivity index (χ1v) is 20.5.